The van der Waals surface area contributed by atoms with Crippen molar-refractivity contribution in [3.05, 3.63) is 35.4 Å². The van der Waals surface area contributed by atoms with Gasteiger partial charge in [-0.05, 0) is 18.6 Å². The molecule has 4 heteroatoms. The van der Waals surface area contributed by atoms with Crippen LogP contribution in [0, 0.1) is 6.92 Å². The maximum atomic E-state index is 11.8. The van der Waals surface area contributed by atoms with Crippen LogP contribution in [-0.4, -0.2) is 31.0 Å². The van der Waals surface area contributed by atoms with Crippen LogP contribution in [0.15, 0.2) is 24.3 Å². The zero-order valence-corrected chi connectivity index (χ0v) is 11.1. The van der Waals surface area contributed by atoms with Crippen molar-refractivity contribution >= 4 is 21.8 Å². The molecular formula is C12H16BrNO2. The Hall–Kier alpha value is -0.870. The molecule has 0 spiro atoms. The number of aryl methyl sites for hydroxylation is 1. The van der Waals surface area contributed by atoms with Crippen LogP contribution >= 0.6 is 15.9 Å². The molecule has 88 valence electrons. The highest BCUT2D eigenvalue weighted by atomic mass is 79.9. The standard InChI is InChI=1S/C12H16BrNO2/c1-9-5-3-4-6-11(9)12(15)14-7-10(13)8-16-2/h3-6,10H,7-8H2,1-2H3,(H,14,15). The number of carbonyl (C=O) groups excluding carboxylic acids is 1. The van der Waals surface area contributed by atoms with Crippen molar-refractivity contribution < 1.29 is 9.53 Å². The third kappa shape index (κ3) is 3.94. The summed E-state index contributed by atoms with van der Waals surface area (Å²) < 4.78 is 4.97. The normalized spacial score (nSPS) is 12.2. The minimum Gasteiger partial charge on any atom is -0.383 e. The van der Waals surface area contributed by atoms with E-state index in [1.54, 1.807) is 7.11 Å². The summed E-state index contributed by atoms with van der Waals surface area (Å²) in [5.41, 5.74) is 1.71. The van der Waals surface area contributed by atoms with E-state index in [2.05, 4.69) is 21.2 Å². The van der Waals surface area contributed by atoms with Gasteiger partial charge in [0.1, 0.15) is 0 Å². The highest BCUT2D eigenvalue weighted by Gasteiger charge is 2.10. The van der Waals surface area contributed by atoms with E-state index in [-0.39, 0.29) is 10.7 Å². The largest absolute Gasteiger partial charge is 0.383 e. The first-order chi connectivity index (χ1) is 7.65. The summed E-state index contributed by atoms with van der Waals surface area (Å²) in [6.07, 6.45) is 0. The number of halogens is 1. The van der Waals surface area contributed by atoms with Gasteiger partial charge in [0.05, 0.1) is 11.4 Å². The fraction of sp³-hybridized carbons (Fsp3) is 0.417. The molecule has 0 radical (unpaired) electrons. The van der Waals surface area contributed by atoms with Crippen LogP contribution in [0.4, 0.5) is 0 Å². The van der Waals surface area contributed by atoms with Crippen LogP contribution in [0.3, 0.4) is 0 Å². The molecule has 1 unspecified atom stereocenters. The van der Waals surface area contributed by atoms with Gasteiger partial charge in [0.25, 0.3) is 5.91 Å². The van der Waals surface area contributed by atoms with Crippen LogP contribution in [0.25, 0.3) is 0 Å². The lowest BCUT2D eigenvalue weighted by Crippen LogP contribution is -2.31. The Kier molecular flexibility index (Phi) is 5.49. The third-order valence-electron chi connectivity index (χ3n) is 2.22. The lowest BCUT2D eigenvalue weighted by molar-refractivity contribution is 0.0949. The van der Waals surface area contributed by atoms with Crippen LogP contribution < -0.4 is 5.32 Å². The number of benzene rings is 1. The molecule has 0 bridgehead atoms. The van der Waals surface area contributed by atoms with Crippen molar-refractivity contribution in [3.8, 4) is 0 Å². The second kappa shape index (κ2) is 6.66. The monoisotopic (exact) mass is 285 g/mol. The number of amides is 1. The zero-order chi connectivity index (χ0) is 12.0. The molecule has 0 saturated heterocycles. The molecule has 1 N–H and O–H groups in total. The van der Waals surface area contributed by atoms with Gasteiger partial charge in [0.15, 0.2) is 0 Å². The summed E-state index contributed by atoms with van der Waals surface area (Å²) in [7, 11) is 1.64. The Morgan fingerprint density at radius 1 is 1.50 bits per heavy atom. The molecule has 3 nitrogen and oxygen atoms in total. The van der Waals surface area contributed by atoms with Gasteiger partial charge < -0.3 is 10.1 Å². The lowest BCUT2D eigenvalue weighted by Gasteiger charge is -2.11. The van der Waals surface area contributed by atoms with E-state index >= 15 is 0 Å². The van der Waals surface area contributed by atoms with Gasteiger partial charge in [-0.1, -0.05) is 34.1 Å². The maximum absolute atomic E-state index is 11.8. The minimum absolute atomic E-state index is 0.0429. The first-order valence-electron chi connectivity index (χ1n) is 5.12. The number of carbonyl (C=O) groups is 1. The SMILES string of the molecule is COCC(Br)CNC(=O)c1ccccc1C. The van der Waals surface area contributed by atoms with E-state index in [4.69, 9.17) is 4.74 Å². The predicted octanol–water partition coefficient (Wildman–Crippen LogP) is 2.13. The van der Waals surface area contributed by atoms with Crippen LogP contribution in [0.5, 0.6) is 0 Å². The van der Waals surface area contributed by atoms with Crippen molar-refractivity contribution in [1.29, 1.82) is 0 Å². The predicted molar refractivity (Wildman–Crippen MR) is 68.1 cm³/mol. The molecule has 0 saturated carbocycles. The number of rotatable bonds is 5. The molecule has 1 aromatic rings. The number of hydrogen-bond acceptors (Lipinski definition) is 2. The second-order valence-electron chi connectivity index (χ2n) is 3.58. The molecule has 0 fully saturated rings. The summed E-state index contributed by atoms with van der Waals surface area (Å²) in [6, 6.07) is 7.53. The Morgan fingerprint density at radius 2 is 2.19 bits per heavy atom. The Bertz CT molecular complexity index is 355. The van der Waals surface area contributed by atoms with Gasteiger partial charge in [0, 0.05) is 19.2 Å². The minimum atomic E-state index is -0.0429. The van der Waals surface area contributed by atoms with Crippen LogP contribution in [0.1, 0.15) is 15.9 Å². The van der Waals surface area contributed by atoms with Crippen molar-refractivity contribution in [3.63, 3.8) is 0 Å². The van der Waals surface area contributed by atoms with Gasteiger partial charge in [-0.15, -0.1) is 0 Å². The second-order valence-corrected chi connectivity index (χ2v) is 4.87. The smallest absolute Gasteiger partial charge is 0.251 e. The van der Waals surface area contributed by atoms with E-state index in [9.17, 15) is 4.79 Å². The van der Waals surface area contributed by atoms with Gasteiger partial charge in [0.2, 0.25) is 0 Å². The average Bonchev–Trinajstić information content (AvgIpc) is 2.27. The molecule has 1 aromatic carbocycles. The molecule has 1 atom stereocenters. The number of alkyl halides is 1. The van der Waals surface area contributed by atoms with E-state index in [1.807, 2.05) is 31.2 Å². The van der Waals surface area contributed by atoms with E-state index in [1.165, 1.54) is 0 Å². The number of nitrogens with one attached hydrogen (secondary N) is 1. The molecule has 16 heavy (non-hydrogen) atoms. The van der Waals surface area contributed by atoms with Gasteiger partial charge in [-0.2, -0.15) is 0 Å². The van der Waals surface area contributed by atoms with Gasteiger partial charge in [-0.3, -0.25) is 4.79 Å². The van der Waals surface area contributed by atoms with Gasteiger partial charge in [-0.25, -0.2) is 0 Å². The molecular weight excluding hydrogens is 270 g/mol. The van der Waals surface area contributed by atoms with Crippen molar-refractivity contribution in [1.82, 2.24) is 5.32 Å². The van der Waals surface area contributed by atoms with E-state index < -0.39 is 0 Å². The third-order valence-corrected chi connectivity index (χ3v) is 2.81. The fourth-order valence-corrected chi connectivity index (χ4v) is 1.79. The summed E-state index contributed by atoms with van der Waals surface area (Å²) in [6.45, 7) is 3.06. The molecule has 0 aromatic heterocycles. The molecule has 1 amide bonds. The summed E-state index contributed by atoms with van der Waals surface area (Å²) in [4.78, 5) is 11.9. The first kappa shape index (κ1) is 13.2. The topological polar surface area (TPSA) is 38.3 Å². The Labute approximate surface area is 104 Å². The average molecular weight is 286 g/mol. The molecule has 0 aliphatic carbocycles. The van der Waals surface area contributed by atoms with Crippen molar-refractivity contribution in [2.24, 2.45) is 0 Å². The summed E-state index contributed by atoms with van der Waals surface area (Å²) in [5.74, 6) is -0.0429. The highest BCUT2D eigenvalue weighted by molar-refractivity contribution is 9.09. The van der Waals surface area contributed by atoms with Gasteiger partial charge >= 0.3 is 0 Å². The number of ether oxygens (including phenoxy) is 1. The summed E-state index contributed by atoms with van der Waals surface area (Å²) in [5, 5.41) is 2.86. The first-order valence-corrected chi connectivity index (χ1v) is 6.03. The highest BCUT2D eigenvalue weighted by Crippen LogP contribution is 2.07. The molecule has 0 heterocycles. The molecule has 0 aliphatic heterocycles. The molecule has 1 rings (SSSR count). The van der Waals surface area contributed by atoms with Crippen molar-refractivity contribution in [2.45, 2.75) is 11.8 Å². The van der Waals surface area contributed by atoms with Crippen molar-refractivity contribution in [2.75, 3.05) is 20.3 Å². The van der Waals surface area contributed by atoms with E-state index in [0.717, 1.165) is 11.1 Å². The summed E-state index contributed by atoms with van der Waals surface area (Å²) >= 11 is 3.42. The Balaban J connectivity index is 2.50. The van der Waals surface area contributed by atoms with Crippen LogP contribution in [-0.2, 0) is 4.74 Å². The maximum Gasteiger partial charge on any atom is 0.251 e. The Morgan fingerprint density at radius 3 is 2.81 bits per heavy atom. The van der Waals surface area contributed by atoms with E-state index in [0.29, 0.717) is 13.2 Å². The quantitative estimate of drug-likeness (QED) is 0.842. The molecule has 0 aliphatic rings. The zero-order valence-electron chi connectivity index (χ0n) is 9.50. The fourth-order valence-electron chi connectivity index (χ4n) is 1.37. The van der Waals surface area contributed by atoms with Crippen LogP contribution in [0.2, 0.25) is 0 Å². The number of hydrogen-bond donors (Lipinski definition) is 1. The lowest BCUT2D eigenvalue weighted by atomic mass is 10.1. The number of methoxy groups -OCH3 is 1.